The molecule has 0 saturated heterocycles. The second-order valence-electron chi connectivity index (χ2n) is 27.0. The number of carbonyl (C=O) groups is 2. The summed E-state index contributed by atoms with van der Waals surface area (Å²) in [7, 11) is 0. The second-order valence-corrected chi connectivity index (χ2v) is 27.0. The fourth-order valence-electron chi connectivity index (χ4n) is 12.6. The van der Waals surface area contributed by atoms with Crippen LogP contribution in [0.3, 0.4) is 0 Å². The van der Waals surface area contributed by atoms with Gasteiger partial charge in [-0.1, -0.05) is 398 Å². The molecule has 84 heavy (non-hydrogen) atoms. The van der Waals surface area contributed by atoms with Crippen LogP contribution in [0.4, 0.5) is 0 Å². The third-order valence-electron chi connectivity index (χ3n) is 18.6. The molecule has 0 spiro atoms. The van der Waals surface area contributed by atoms with E-state index in [1.54, 1.807) is 0 Å². The van der Waals surface area contributed by atoms with Gasteiger partial charge in [0.2, 0.25) is 5.91 Å². The molecule has 0 saturated carbocycles. The van der Waals surface area contributed by atoms with Gasteiger partial charge in [-0.25, -0.2) is 0 Å². The minimum Gasteiger partial charge on any atom is -0.466 e. The zero-order chi connectivity index (χ0) is 60.6. The lowest BCUT2D eigenvalue weighted by Gasteiger charge is -2.22. The van der Waals surface area contributed by atoms with Gasteiger partial charge in [0.1, 0.15) is 0 Å². The van der Waals surface area contributed by atoms with Gasteiger partial charge in [0.05, 0.1) is 25.4 Å². The summed E-state index contributed by atoms with van der Waals surface area (Å²) in [5.74, 6) is -0.00814. The molecule has 3 N–H and O–H groups in total. The van der Waals surface area contributed by atoms with Gasteiger partial charge in [-0.05, 0) is 51.4 Å². The van der Waals surface area contributed by atoms with E-state index in [9.17, 15) is 19.8 Å². The van der Waals surface area contributed by atoms with Crippen molar-refractivity contribution in [2.45, 2.75) is 463 Å². The van der Waals surface area contributed by atoms with Crippen molar-refractivity contribution in [2.24, 2.45) is 0 Å². The van der Waals surface area contributed by atoms with Crippen molar-refractivity contribution in [1.29, 1.82) is 0 Å². The number of carbonyl (C=O) groups excluding carboxylic acids is 2. The SMILES string of the molecule is CCCCCCCCCCCCCCCCCCCCCCCCCCCC(O)C(CO)NC(=O)CCCCCCCCCCCCCCCCC/C=C\CCCCCCCCCCCCCCOC(=O)CCCCCCCCCCCCC. The van der Waals surface area contributed by atoms with Gasteiger partial charge < -0.3 is 20.3 Å². The van der Waals surface area contributed by atoms with Crippen LogP contribution in [0.15, 0.2) is 12.2 Å². The quantitative estimate of drug-likeness (QED) is 0.0320. The third-order valence-corrected chi connectivity index (χ3v) is 18.6. The second kappa shape index (κ2) is 74.1. The Hall–Kier alpha value is -1.40. The van der Waals surface area contributed by atoms with Gasteiger partial charge in [0, 0.05) is 12.8 Å². The Balaban J connectivity index is 3.36. The summed E-state index contributed by atoms with van der Waals surface area (Å²) in [5, 5.41) is 23.5. The number of rotatable bonds is 74. The van der Waals surface area contributed by atoms with Gasteiger partial charge in [-0.2, -0.15) is 0 Å². The largest absolute Gasteiger partial charge is 0.466 e. The summed E-state index contributed by atoms with van der Waals surface area (Å²) in [4.78, 5) is 24.6. The molecule has 0 rings (SSSR count). The molecule has 2 atom stereocenters. The number of aliphatic hydroxyl groups excluding tert-OH is 2. The van der Waals surface area contributed by atoms with Crippen molar-refractivity contribution >= 4 is 11.9 Å². The van der Waals surface area contributed by atoms with E-state index in [0.717, 1.165) is 38.5 Å². The smallest absolute Gasteiger partial charge is 0.305 e. The molecule has 0 radical (unpaired) electrons. The fourth-order valence-corrected chi connectivity index (χ4v) is 12.6. The van der Waals surface area contributed by atoms with Gasteiger partial charge >= 0.3 is 5.97 Å². The molecule has 0 bridgehead atoms. The predicted octanol–water partition coefficient (Wildman–Crippen LogP) is 25.5. The number of ether oxygens (including phenoxy) is 1. The average molecular weight is 1190 g/mol. The van der Waals surface area contributed by atoms with Crippen molar-refractivity contribution in [3.63, 3.8) is 0 Å². The highest BCUT2D eigenvalue weighted by atomic mass is 16.5. The zero-order valence-corrected chi connectivity index (χ0v) is 57.4. The van der Waals surface area contributed by atoms with E-state index >= 15 is 0 Å². The molecule has 0 aliphatic rings. The number of nitrogens with one attached hydrogen (secondary N) is 1. The molecular weight excluding hydrogens is 1030 g/mol. The first-order chi connectivity index (χ1) is 41.5. The Labute approximate surface area is 527 Å². The minimum atomic E-state index is -0.664. The van der Waals surface area contributed by atoms with Crippen LogP contribution in [0, 0.1) is 0 Å². The number of amides is 1. The van der Waals surface area contributed by atoms with E-state index in [-0.39, 0.29) is 18.5 Å². The van der Waals surface area contributed by atoms with Crippen LogP contribution >= 0.6 is 0 Å². The lowest BCUT2D eigenvalue weighted by molar-refractivity contribution is -0.143. The summed E-state index contributed by atoms with van der Waals surface area (Å²) in [6.07, 6.45) is 93.0. The molecule has 0 aliphatic carbocycles. The first-order valence-electron chi connectivity index (χ1n) is 38.9. The molecule has 0 heterocycles. The highest BCUT2D eigenvalue weighted by Gasteiger charge is 2.20. The summed E-state index contributed by atoms with van der Waals surface area (Å²) < 4.78 is 5.48. The molecule has 0 aliphatic heterocycles. The molecule has 0 aromatic carbocycles. The summed E-state index contributed by atoms with van der Waals surface area (Å²) in [6, 6.07) is -0.541. The number of allylic oxidation sites excluding steroid dienone is 2. The molecule has 0 fully saturated rings. The number of aliphatic hydroxyl groups is 2. The Morgan fingerprint density at radius 3 is 0.845 bits per heavy atom. The standard InChI is InChI=1S/C78H153NO5/c1-3-5-7-9-11-13-15-16-17-18-19-20-21-29-32-35-38-41-44-47-51-54-58-62-66-70-76(81)75(74-80)79-77(82)71-67-63-59-55-52-48-45-42-39-36-33-30-27-25-23-22-24-26-28-31-34-37-40-43-46-49-53-57-61-65-69-73-84-78(83)72-68-64-60-56-50-14-12-10-8-6-4-2/h24,26,75-76,80-81H,3-23,25,27-74H2,1-2H3,(H,79,82)/b26-24-. The van der Waals surface area contributed by atoms with E-state index in [1.165, 1.54) is 379 Å². The minimum absolute atomic E-state index is 0.0185. The average Bonchev–Trinajstić information content (AvgIpc) is 3.52. The van der Waals surface area contributed by atoms with Crippen LogP contribution in [0.5, 0.6) is 0 Å². The lowest BCUT2D eigenvalue weighted by Crippen LogP contribution is -2.45. The highest BCUT2D eigenvalue weighted by Crippen LogP contribution is 2.20. The maximum absolute atomic E-state index is 12.6. The molecule has 2 unspecified atom stereocenters. The van der Waals surface area contributed by atoms with E-state index in [1.807, 2.05) is 0 Å². The topological polar surface area (TPSA) is 95.9 Å². The Morgan fingerprint density at radius 2 is 0.560 bits per heavy atom. The van der Waals surface area contributed by atoms with Gasteiger partial charge in [-0.15, -0.1) is 0 Å². The van der Waals surface area contributed by atoms with Crippen molar-refractivity contribution in [2.75, 3.05) is 13.2 Å². The van der Waals surface area contributed by atoms with Crippen molar-refractivity contribution in [3.8, 4) is 0 Å². The van der Waals surface area contributed by atoms with E-state index in [4.69, 9.17) is 4.74 Å². The van der Waals surface area contributed by atoms with Gasteiger partial charge in [0.25, 0.3) is 0 Å². The van der Waals surface area contributed by atoms with E-state index in [2.05, 4.69) is 31.3 Å². The van der Waals surface area contributed by atoms with Crippen LogP contribution in [0.1, 0.15) is 450 Å². The number of hydrogen-bond donors (Lipinski definition) is 3. The maximum atomic E-state index is 12.6. The fraction of sp³-hybridized carbons (Fsp3) is 0.949. The number of esters is 1. The first-order valence-corrected chi connectivity index (χ1v) is 38.9. The van der Waals surface area contributed by atoms with Crippen LogP contribution in [0.2, 0.25) is 0 Å². The lowest BCUT2D eigenvalue weighted by atomic mass is 10.0. The molecule has 1 amide bonds. The van der Waals surface area contributed by atoms with Crippen molar-refractivity contribution in [3.05, 3.63) is 12.2 Å². The number of unbranched alkanes of at least 4 members (excludes halogenated alkanes) is 61. The van der Waals surface area contributed by atoms with E-state index < -0.39 is 12.1 Å². The first kappa shape index (κ1) is 82.6. The van der Waals surface area contributed by atoms with Gasteiger partial charge in [0.15, 0.2) is 0 Å². The summed E-state index contributed by atoms with van der Waals surface area (Å²) in [6.45, 7) is 5.00. The maximum Gasteiger partial charge on any atom is 0.305 e. The highest BCUT2D eigenvalue weighted by molar-refractivity contribution is 5.76. The van der Waals surface area contributed by atoms with Crippen LogP contribution in [-0.2, 0) is 14.3 Å². The van der Waals surface area contributed by atoms with Crippen molar-refractivity contribution in [1.82, 2.24) is 5.32 Å². The monoisotopic (exact) mass is 1180 g/mol. The summed E-state index contributed by atoms with van der Waals surface area (Å²) in [5.41, 5.74) is 0. The molecule has 500 valence electrons. The normalized spacial score (nSPS) is 12.5. The third kappa shape index (κ3) is 69.7. The number of hydrogen-bond acceptors (Lipinski definition) is 5. The molecule has 6 nitrogen and oxygen atoms in total. The predicted molar refractivity (Wildman–Crippen MR) is 370 cm³/mol. The molecule has 6 heteroatoms. The molecule has 0 aromatic heterocycles. The van der Waals surface area contributed by atoms with Gasteiger partial charge in [-0.3, -0.25) is 9.59 Å². The van der Waals surface area contributed by atoms with Crippen LogP contribution in [-0.4, -0.2) is 47.4 Å². The zero-order valence-electron chi connectivity index (χ0n) is 57.4. The Kier molecular flexibility index (Phi) is 72.8. The molecule has 0 aromatic rings. The summed E-state index contributed by atoms with van der Waals surface area (Å²) >= 11 is 0. The Bertz CT molecular complexity index is 1270. The molecular formula is C78H153NO5. The van der Waals surface area contributed by atoms with E-state index in [0.29, 0.717) is 25.9 Å². The Morgan fingerprint density at radius 1 is 0.321 bits per heavy atom. The van der Waals surface area contributed by atoms with Crippen molar-refractivity contribution < 1.29 is 24.5 Å². The van der Waals surface area contributed by atoms with Crippen LogP contribution in [0.25, 0.3) is 0 Å². The van der Waals surface area contributed by atoms with Crippen LogP contribution < -0.4 is 5.32 Å².